The van der Waals surface area contributed by atoms with E-state index in [2.05, 4.69) is 10.1 Å². The highest BCUT2D eigenvalue weighted by Gasteiger charge is 2.48. The summed E-state index contributed by atoms with van der Waals surface area (Å²) in [4.78, 5) is 22.0. The van der Waals surface area contributed by atoms with Crippen LogP contribution in [0, 0.1) is 11.8 Å². The number of amides is 1. The monoisotopic (exact) mass is 269 g/mol. The molecule has 0 heterocycles. The Labute approximate surface area is 101 Å². The lowest BCUT2D eigenvalue weighted by molar-refractivity contribution is -0.175. The zero-order valence-corrected chi connectivity index (χ0v) is 9.66. The number of hydrogen-bond acceptors (Lipinski definition) is 3. The molecule has 0 saturated heterocycles. The van der Waals surface area contributed by atoms with Crippen LogP contribution in [0.5, 0.6) is 0 Å². The molecule has 1 fully saturated rings. The van der Waals surface area contributed by atoms with E-state index < -0.39 is 42.5 Å². The fourth-order valence-corrected chi connectivity index (χ4v) is 1.50. The summed E-state index contributed by atoms with van der Waals surface area (Å²) in [5.74, 6) is -2.73. The molecule has 0 aromatic heterocycles. The SMILES string of the molecule is CC(COCC(F)(F)F)NC(=O)C1CC1C(=O)O. The fourth-order valence-electron chi connectivity index (χ4n) is 1.50. The Hall–Kier alpha value is -1.31. The Morgan fingerprint density at radius 1 is 1.44 bits per heavy atom. The van der Waals surface area contributed by atoms with Gasteiger partial charge in [-0.1, -0.05) is 0 Å². The molecule has 3 unspecified atom stereocenters. The zero-order valence-electron chi connectivity index (χ0n) is 9.66. The van der Waals surface area contributed by atoms with Crippen molar-refractivity contribution in [1.82, 2.24) is 5.32 Å². The zero-order chi connectivity index (χ0) is 13.9. The molecular weight excluding hydrogens is 255 g/mol. The van der Waals surface area contributed by atoms with Gasteiger partial charge in [-0.3, -0.25) is 9.59 Å². The number of carboxylic acid groups (broad SMARTS) is 1. The van der Waals surface area contributed by atoms with E-state index >= 15 is 0 Å². The third kappa shape index (κ3) is 4.91. The van der Waals surface area contributed by atoms with Crippen LogP contribution in [0.25, 0.3) is 0 Å². The molecule has 2 N–H and O–H groups in total. The molecule has 1 aliphatic rings. The lowest BCUT2D eigenvalue weighted by atomic mass is 10.2. The van der Waals surface area contributed by atoms with Crippen LogP contribution in [-0.2, 0) is 14.3 Å². The predicted octanol–water partition coefficient (Wildman–Crippen LogP) is 0.791. The van der Waals surface area contributed by atoms with Crippen molar-refractivity contribution in [2.24, 2.45) is 11.8 Å². The molecule has 1 rings (SSSR count). The van der Waals surface area contributed by atoms with E-state index in [1.165, 1.54) is 6.92 Å². The normalized spacial score (nSPS) is 24.4. The molecule has 1 aliphatic carbocycles. The highest BCUT2D eigenvalue weighted by atomic mass is 19.4. The highest BCUT2D eigenvalue weighted by molar-refractivity contribution is 5.89. The van der Waals surface area contributed by atoms with E-state index in [-0.39, 0.29) is 13.0 Å². The van der Waals surface area contributed by atoms with Crippen molar-refractivity contribution in [3.8, 4) is 0 Å². The summed E-state index contributed by atoms with van der Waals surface area (Å²) in [5, 5.41) is 11.0. The van der Waals surface area contributed by atoms with Crippen LogP contribution in [0.4, 0.5) is 13.2 Å². The first kappa shape index (κ1) is 14.7. The Bertz CT molecular complexity index is 332. The van der Waals surface area contributed by atoms with Crippen LogP contribution >= 0.6 is 0 Å². The van der Waals surface area contributed by atoms with Gasteiger partial charge in [-0.2, -0.15) is 13.2 Å². The summed E-state index contributed by atoms with van der Waals surface area (Å²) < 4.78 is 39.7. The van der Waals surface area contributed by atoms with Crippen molar-refractivity contribution < 1.29 is 32.6 Å². The minimum Gasteiger partial charge on any atom is -0.481 e. The number of carbonyl (C=O) groups excluding carboxylic acids is 1. The number of alkyl halides is 3. The third-order valence-electron chi connectivity index (χ3n) is 2.47. The molecule has 0 radical (unpaired) electrons. The van der Waals surface area contributed by atoms with Gasteiger partial charge in [-0.15, -0.1) is 0 Å². The van der Waals surface area contributed by atoms with E-state index in [9.17, 15) is 22.8 Å². The second-order valence-corrected chi connectivity index (χ2v) is 4.33. The quantitative estimate of drug-likeness (QED) is 0.747. The second-order valence-electron chi connectivity index (χ2n) is 4.33. The second kappa shape index (κ2) is 5.55. The Morgan fingerprint density at radius 2 is 2.06 bits per heavy atom. The van der Waals surface area contributed by atoms with E-state index in [1.54, 1.807) is 0 Å². The van der Waals surface area contributed by atoms with Gasteiger partial charge in [0, 0.05) is 6.04 Å². The van der Waals surface area contributed by atoms with Gasteiger partial charge in [0.15, 0.2) is 0 Å². The van der Waals surface area contributed by atoms with Crippen molar-refractivity contribution in [3.05, 3.63) is 0 Å². The first-order valence-corrected chi connectivity index (χ1v) is 5.38. The van der Waals surface area contributed by atoms with Gasteiger partial charge in [0.2, 0.25) is 5.91 Å². The number of hydrogen-bond donors (Lipinski definition) is 2. The molecule has 18 heavy (non-hydrogen) atoms. The van der Waals surface area contributed by atoms with Crippen molar-refractivity contribution in [2.75, 3.05) is 13.2 Å². The first-order valence-electron chi connectivity index (χ1n) is 5.38. The van der Waals surface area contributed by atoms with Crippen LogP contribution < -0.4 is 5.32 Å². The Morgan fingerprint density at radius 3 is 2.50 bits per heavy atom. The van der Waals surface area contributed by atoms with Gasteiger partial charge >= 0.3 is 12.1 Å². The summed E-state index contributed by atoms with van der Waals surface area (Å²) in [7, 11) is 0. The van der Waals surface area contributed by atoms with Crippen molar-refractivity contribution in [2.45, 2.75) is 25.6 Å². The van der Waals surface area contributed by atoms with Crippen LogP contribution in [0.15, 0.2) is 0 Å². The largest absolute Gasteiger partial charge is 0.481 e. The van der Waals surface area contributed by atoms with Gasteiger partial charge in [0.25, 0.3) is 0 Å². The number of halogens is 3. The number of nitrogens with one attached hydrogen (secondary N) is 1. The number of carbonyl (C=O) groups is 2. The fraction of sp³-hybridized carbons (Fsp3) is 0.800. The van der Waals surface area contributed by atoms with Gasteiger partial charge < -0.3 is 15.2 Å². The molecule has 0 bridgehead atoms. The predicted molar refractivity (Wildman–Crippen MR) is 53.7 cm³/mol. The first-order chi connectivity index (χ1) is 8.20. The maximum Gasteiger partial charge on any atom is 0.411 e. The number of aliphatic carboxylic acids is 1. The summed E-state index contributed by atoms with van der Waals surface area (Å²) >= 11 is 0. The maximum absolute atomic E-state index is 11.8. The van der Waals surface area contributed by atoms with Crippen LogP contribution in [0.3, 0.4) is 0 Å². The average Bonchev–Trinajstić information content (AvgIpc) is 2.94. The van der Waals surface area contributed by atoms with Gasteiger partial charge in [-0.25, -0.2) is 0 Å². The Kier molecular flexibility index (Phi) is 4.55. The highest BCUT2D eigenvalue weighted by Crippen LogP contribution is 2.38. The molecule has 8 heteroatoms. The van der Waals surface area contributed by atoms with Crippen LogP contribution in [0.2, 0.25) is 0 Å². The van der Waals surface area contributed by atoms with Gasteiger partial charge in [0.1, 0.15) is 6.61 Å². The van der Waals surface area contributed by atoms with E-state index in [0.29, 0.717) is 0 Å². The number of carboxylic acids is 1. The summed E-state index contributed by atoms with van der Waals surface area (Å²) in [6.45, 7) is -0.142. The minimum absolute atomic E-state index is 0.268. The van der Waals surface area contributed by atoms with Crippen molar-refractivity contribution in [3.63, 3.8) is 0 Å². The topological polar surface area (TPSA) is 75.6 Å². The molecule has 1 amide bonds. The van der Waals surface area contributed by atoms with Crippen molar-refractivity contribution >= 4 is 11.9 Å². The van der Waals surface area contributed by atoms with Gasteiger partial charge in [0.05, 0.1) is 18.4 Å². The van der Waals surface area contributed by atoms with Crippen LogP contribution in [-0.4, -0.2) is 42.4 Å². The molecule has 104 valence electrons. The molecular formula is C10H14F3NO4. The molecule has 3 atom stereocenters. The van der Waals surface area contributed by atoms with E-state index in [0.717, 1.165) is 0 Å². The molecule has 5 nitrogen and oxygen atoms in total. The van der Waals surface area contributed by atoms with E-state index in [4.69, 9.17) is 5.11 Å². The smallest absolute Gasteiger partial charge is 0.411 e. The lowest BCUT2D eigenvalue weighted by Gasteiger charge is -2.15. The summed E-state index contributed by atoms with van der Waals surface area (Å²) in [6, 6.07) is -0.588. The lowest BCUT2D eigenvalue weighted by Crippen LogP contribution is -2.38. The average molecular weight is 269 g/mol. The van der Waals surface area contributed by atoms with Crippen LogP contribution in [0.1, 0.15) is 13.3 Å². The summed E-state index contributed by atoms with van der Waals surface area (Å²) in [6.07, 6.45) is -4.12. The summed E-state index contributed by atoms with van der Waals surface area (Å²) in [5.41, 5.74) is 0. The van der Waals surface area contributed by atoms with E-state index in [1.807, 2.05) is 0 Å². The molecule has 0 aliphatic heterocycles. The maximum atomic E-state index is 11.8. The molecule has 0 aromatic carbocycles. The third-order valence-corrected chi connectivity index (χ3v) is 2.47. The molecule has 0 spiro atoms. The molecule has 0 aromatic rings. The van der Waals surface area contributed by atoms with Gasteiger partial charge in [-0.05, 0) is 13.3 Å². The molecule has 1 saturated carbocycles. The minimum atomic E-state index is -4.39. The number of rotatable bonds is 6. The van der Waals surface area contributed by atoms with Crippen molar-refractivity contribution in [1.29, 1.82) is 0 Å². The standard InChI is InChI=1S/C10H14F3NO4/c1-5(3-18-4-10(11,12)13)14-8(15)6-2-7(6)9(16)17/h5-7H,2-4H2,1H3,(H,14,15)(H,16,17). The Balaban J connectivity index is 2.19. The number of ether oxygens (including phenoxy) is 1.